The van der Waals surface area contributed by atoms with Crippen LogP contribution in [0.4, 0.5) is 5.69 Å². The first-order valence-corrected chi connectivity index (χ1v) is 7.99. The van der Waals surface area contributed by atoms with Gasteiger partial charge in [-0.3, -0.25) is 0 Å². The fourth-order valence-electron chi connectivity index (χ4n) is 2.02. The van der Waals surface area contributed by atoms with Gasteiger partial charge in [0, 0.05) is 11.8 Å². The molecule has 3 N–H and O–H groups in total. The first kappa shape index (κ1) is 21.1. The summed E-state index contributed by atoms with van der Waals surface area (Å²) in [5.41, 5.74) is 7.84. The van der Waals surface area contributed by atoms with Gasteiger partial charge in [0.1, 0.15) is 11.5 Å². The Kier molecular flexibility index (Phi) is 9.12. The molecule has 0 aromatic heterocycles. The highest BCUT2D eigenvalue weighted by atomic mass is 127. The number of nitrogens with zero attached hydrogens (tertiary/aromatic N) is 1. The van der Waals surface area contributed by atoms with Crippen molar-refractivity contribution in [2.45, 2.75) is 20.4 Å². The Labute approximate surface area is 166 Å². The Morgan fingerprint density at radius 3 is 2.48 bits per heavy atom. The second kappa shape index (κ2) is 10.8. The van der Waals surface area contributed by atoms with E-state index in [1.807, 2.05) is 48.5 Å². The number of guanidine groups is 1. The molecule has 2 aromatic rings. The van der Waals surface area contributed by atoms with Crippen molar-refractivity contribution in [1.82, 2.24) is 0 Å². The number of hydrogen-bond acceptors (Lipinski definition) is 3. The number of rotatable bonds is 7. The van der Waals surface area contributed by atoms with Crippen LogP contribution in [0.25, 0.3) is 0 Å². The number of methoxy groups -OCH3 is 1. The molecule has 0 saturated carbocycles. The van der Waals surface area contributed by atoms with Gasteiger partial charge in [0.05, 0.1) is 20.3 Å². The topological polar surface area (TPSA) is 68.9 Å². The van der Waals surface area contributed by atoms with E-state index in [4.69, 9.17) is 15.2 Å². The van der Waals surface area contributed by atoms with Crippen molar-refractivity contribution < 1.29 is 9.47 Å². The summed E-state index contributed by atoms with van der Waals surface area (Å²) in [7, 11) is 1.63. The predicted octanol–water partition coefficient (Wildman–Crippen LogP) is 4.27. The summed E-state index contributed by atoms with van der Waals surface area (Å²) in [6.45, 7) is 5.48. The Morgan fingerprint density at radius 1 is 1.12 bits per heavy atom. The highest BCUT2D eigenvalue weighted by molar-refractivity contribution is 14.0. The standard InChI is InChI=1S/C19H25N3O2.HI/c1-14(2)13-24-17-9-7-15(8-10-17)12-21-19(20)22-16-5-4-6-18(11-16)23-3;/h4-11,14H,12-13H2,1-3H3,(H3,20,21,22);1H. The molecule has 6 heteroatoms. The molecule has 25 heavy (non-hydrogen) atoms. The maximum atomic E-state index is 5.93. The van der Waals surface area contributed by atoms with E-state index < -0.39 is 0 Å². The van der Waals surface area contributed by atoms with Crippen LogP contribution < -0.4 is 20.5 Å². The number of hydrogen-bond donors (Lipinski definition) is 2. The summed E-state index contributed by atoms with van der Waals surface area (Å²) < 4.78 is 10.8. The van der Waals surface area contributed by atoms with Crippen LogP contribution >= 0.6 is 24.0 Å². The third-order valence-corrected chi connectivity index (χ3v) is 3.28. The minimum atomic E-state index is 0. The first-order chi connectivity index (χ1) is 11.6. The van der Waals surface area contributed by atoms with Gasteiger partial charge in [-0.05, 0) is 35.7 Å². The van der Waals surface area contributed by atoms with Crippen molar-refractivity contribution in [2.24, 2.45) is 16.6 Å². The van der Waals surface area contributed by atoms with E-state index in [2.05, 4.69) is 24.2 Å². The lowest BCUT2D eigenvalue weighted by Crippen LogP contribution is -2.22. The summed E-state index contributed by atoms with van der Waals surface area (Å²) in [5.74, 6) is 2.52. The molecular weight excluding hydrogens is 429 g/mol. The summed E-state index contributed by atoms with van der Waals surface area (Å²) in [4.78, 5) is 4.35. The fraction of sp³-hybridized carbons (Fsp3) is 0.316. The smallest absolute Gasteiger partial charge is 0.193 e. The third kappa shape index (κ3) is 7.64. The lowest BCUT2D eigenvalue weighted by atomic mass is 10.2. The van der Waals surface area contributed by atoms with Crippen LogP contribution in [-0.4, -0.2) is 19.7 Å². The van der Waals surface area contributed by atoms with Gasteiger partial charge in [0.2, 0.25) is 0 Å². The maximum Gasteiger partial charge on any atom is 0.193 e. The minimum Gasteiger partial charge on any atom is -0.497 e. The largest absolute Gasteiger partial charge is 0.497 e. The number of aliphatic imine (C=N–C) groups is 1. The van der Waals surface area contributed by atoms with E-state index in [1.54, 1.807) is 7.11 Å². The van der Waals surface area contributed by atoms with Crippen LogP contribution in [-0.2, 0) is 6.54 Å². The molecule has 0 unspecified atom stereocenters. The second-order valence-electron chi connectivity index (χ2n) is 5.91. The van der Waals surface area contributed by atoms with Crippen LogP contribution in [0.1, 0.15) is 19.4 Å². The van der Waals surface area contributed by atoms with E-state index in [1.165, 1.54) is 0 Å². The van der Waals surface area contributed by atoms with Gasteiger partial charge in [0.15, 0.2) is 5.96 Å². The quantitative estimate of drug-likeness (QED) is 0.372. The summed E-state index contributed by atoms with van der Waals surface area (Å²) in [5, 5.41) is 3.05. The molecule has 0 amide bonds. The Bertz CT molecular complexity index is 673. The minimum absolute atomic E-state index is 0. The fourth-order valence-corrected chi connectivity index (χ4v) is 2.02. The first-order valence-electron chi connectivity index (χ1n) is 7.99. The van der Waals surface area contributed by atoms with E-state index in [0.29, 0.717) is 18.4 Å². The van der Waals surface area contributed by atoms with Crippen LogP contribution in [0.2, 0.25) is 0 Å². The molecule has 0 aliphatic rings. The highest BCUT2D eigenvalue weighted by Crippen LogP contribution is 2.17. The summed E-state index contributed by atoms with van der Waals surface area (Å²) in [6.07, 6.45) is 0. The molecule has 0 spiro atoms. The van der Waals surface area contributed by atoms with Crippen LogP contribution in [0.3, 0.4) is 0 Å². The molecule has 0 aliphatic carbocycles. The molecule has 2 rings (SSSR count). The maximum absolute atomic E-state index is 5.93. The van der Waals surface area contributed by atoms with Crippen molar-refractivity contribution in [3.8, 4) is 11.5 Å². The zero-order chi connectivity index (χ0) is 17.4. The Morgan fingerprint density at radius 2 is 1.84 bits per heavy atom. The molecule has 0 aliphatic heterocycles. The molecular formula is C19H26IN3O2. The van der Waals surface area contributed by atoms with Crippen molar-refractivity contribution in [1.29, 1.82) is 0 Å². The average Bonchev–Trinajstić information content (AvgIpc) is 2.59. The molecule has 0 fully saturated rings. The number of anilines is 1. The number of nitrogens with one attached hydrogen (secondary N) is 1. The lowest BCUT2D eigenvalue weighted by Gasteiger charge is -2.09. The van der Waals surface area contributed by atoms with Gasteiger partial charge in [-0.25, -0.2) is 4.99 Å². The number of benzene rings is 2. The van der Waals surface area contributed by atoms with E-state index in [9.17, 15) is 0 Å². The van der Waals surface area contributed by atoms with E-state index in [-0.39, 0.29) is 24.0 Å². The van der Waals surface area contributed by atoms with Gasteiger partial charge in [-0.1, -0.05) is 32.0 Å². The van der Waals surface area contributed by atoms with Crippen molar-refractivity contribution in [3.63, 3.8) is 0 Å². The Hall–Kier alpha value is -1.96. The van der Waals surface area contributed by atoms with E-state index in [0.717, 1.165) is 29.4 Å². The van der Waals surface area contributed by atoms with Gasteiger partial charge in [-0.2, -0.15) is 0 Å². The van der Waals surface area contributed by atoms with Gasteiger partial charge in [-0.15, -0.1) is 24.0 Å². The molecule has 0 atom stereocenters. The van der Waals surface area contributed by atoms with Gasteiger partial charge >= 0.3 is 0 Å². The second-order valence-corrected chi connectivity index (χ2v) is 5.91. The third-order valence-electron chi connectivity index (χ3n) is 3.28. The summed E-state index contributed by atoms with van der Waals surface area (Å²) in [6, 6.07) is 15.5. The van der Waals surface area contributed by atoms with Gasteiger partial charge < -0.3 is 20.5 Å². The van der Waals surface area contributed by atoms with Gasteiger partial charge in [0.25, 0.3) is 0 Å². The van der Waals surface area contributed by atoms with Crippen LogP contribution in [0.15, 0.2) is 53.5 Å². The molecule has 0 saturated heterocycles. The number of nitrogens with two attached hydrogens (primary N) is 1. The van der Waals surface area contributed by atoms with E-state index >= 15 is 0 Å². The average molecular weight is 455 g/mol. The SMILES string of the molecule is COc1cccc(NC(N)=NCc2ccc(OCC(C)C)cc2)c1.I. The van der Waals surface area contributed by atoms with Crippen LogP contribution in [0.5, 0.6) is 11.5 Å². The number of halogens is 1. The van der Waals surface area contributed by atoms with Crippen molar-refractivity contribution in [3.05, 3.63) is 54.1 Å². The zero-order valence-corrected chi connectivity index (χ0v) is 17.2. The van der Waals surface area contributed by atoms with Crippen LogP contribution in [0, 0.1) is 5.92 Å². The lowest BCUT2D eigenvalue weighted by molar-refractivity contribution is 0.271. The normalized spacial score (nSPS) is 11.0. The van der Waals surface area contributed by atoms with Crippen molar-refractivity contribution in [2.75, 3.05) is 19.0 Å². The molecule has 136 valence electrons. The zero-order valence-electron chi connectivity index (χ0n) is 14.9. The Balaban J connectivity index is 0.00000312. The molecule has 5 nitrogen and oxygen atoms in total. The molecule has 0 radical (unpaired) electrons. The highest BCUT2D eigenvalue weighted by Gasteiger charge is 2.00. The molecule has 0 heterocycles. The monoisotopic (exact) mass is 455 g/mol. The predicted molar refractivity (Wildman–Crippen MR) is 114 cm³/mol. The summed E-state index contributed by atoms with van der Waals surface area (Å²) >= 11 is 0. The number of ether oxygens (including phenoxy) is 2. The van der Waals surface area contributed by atoms with Crippen molar-refractivity contribution >= 4 is 35.6 Å². The molecule has 2 aromatic carbocycles. The molecule has 0 bridgehead atoms.